The first-order chi connectivity index (χ1) is 17.7. The van der Waals surface area contributed by atoms with E-state index in [9.17, 15) is 14.4 Å². The maximum Gasteiger partial charge on any atom is 0.226 e. The Kier molecular flexibility index (Phi) is 7.11. The fourth-order valence-electron chi connectivity index (χ4n) is 5.77. The molecule has 5 rings (SSSR count). The monoisotopic (exact) mass is 501 g/mol. The van der Waals surface area contributed by atoms with E-state index in [1.807, 2.05) is 26.8 Å². The van der Waals surface area contributed by atoms with Crippen LogP contribution in [-0.4, -0.2) is 37.4 Å². The molecule has 3 aliphatic heterocycles. The highest BCUT2D eigenvalue weighted by molar-refractivity contribution is 6.06. The van der Waals surface area contributed by atoms with Gasteiger partial charge in [-0.05, 0) is 79.3 Å². The van der Waals surface area contributed by atoms with Gasteiger partial charge in [0.1, 0.15) is 0 Å². The molecule has 3 saturated heterocycles. The van der Waals surface area contributed by atoms with Gasteiger partial charge in [-0.3, -0.25) is 14.4 Å². The molecule has 3 fully saturated rings. The molecule has 2 aromatic carbocycles. The average molecular weight is 502 g/mol. The van der Waals surface area contributed by atoms with E-state index >= 15 is 0 Å². The summed E-state index contributed by atoms with van der Waals surface area (Å²) in [5, 5.41) is 0. The number of amides is 3. The number of hydrogen-bond acceptors (Lipinski definition) is 3. The van der Waals surface area contributed by atoms with E-state index in [0.717, 1.165) is 78.8 Å². The van der Waals surface area contributed by atoms with Crippen LogP contribution in [0.2, 0.25) is 0 Å². The molecule has 0 aliphatic carbocycles. The molecule has 0 unspecified atom stereocenters. The van der Waals surface area contributed by atoms with E-state index in [-0.39, 0.29) is 23.1 Å². The van der Waals surface area contributed by atoms with Crippen molar-refractivity contribution in [3.8, 4) is 11.1 Å². The Morgan fingerprint density at radius 2 is 1.03 bits per heavy atom. The van der Waals surface area contributed by atoms with Crippen molar-refractivity contribution in [1.82, 2.24) is 0 Å². The Hall–Kier alpha value is -3.15. The van der Waals surface area contributed by atoms with Gasteiger partial charge in [-0.2, -0.15) is 0 Å². The van der Waals surface area contributed by atoms with Gasteiger partial charge in [-0.25, -0.2) is 0 Å². The maximum absolute atomic E-state index is 13.2. The molecular weight excluding hydrogens is 462 g/mol. The molecular formula is C31H39N3O3. The molecule has 3 heterocycles. The topological polar surface area (TPSA) is 60.9 Å². The molecule has 6 nitrogen and oxygen atoms in total. The Labute approximate surface area is 220 Å². The highest BCUT2D eigenvalue weighted by Gasteiger charge is 2.31. The summed E-state index contributed by atoms with van der Waals surface area (Å²) in [6.07, 6.45) is 7.44. The fourth-order valence-corrected chi connectivity index (χ4v) is 5.77. The van der Waals surface area contributed by atoms with Gasteiger partial charge >= 0.3 is 0 Å². The summed E-state index contributed by atoms with van der Waals surface area (Å²) in [5.41, 5.74) is 5.59. The Morgan fingerprint density at radius 1 is 0.595 bits per heavy atom. The molecule has 0 radical (unpaired) electrons. The first kappa shape index (κ1) is 25.5. The van der Waals surface area contributed by atoms with Crippen LogP contribution in [0.3, 0.4) is 0 Å². The quantitative estimate of drug-likeness (QED) is 0.501. The normalized spacial score (nSPS) is 19.5. The predicted octanol–water partition coefficient (Wildman–Crippen LogP) is 6.20. The molecule has 6 heteroatoms. The Morgan fingerprint density at radius 3 is 1.43 bits per heavy atom. The zero-order valence-electron chi connectivity index (χ0n) is 22.5. The fraction of sp³-hybridized carbons (Fsp3) is 0.516. The lowest BCUT2D eigenvalue weighted by Gasteiger charge is -2.36. The van der Waals surface area contributed by atoms with Gasteiger partial charge in [-0.1, -0.05) is 32.9 Å². The smallest absolute Gasteiger partial charge is 0.226 e. The van der Waals surface area contributed by atoms with Gasteiger partial charge < -0.3 is 14.7 Å². The predicted molar refractivity (Wildman–Crippen MR) is 149 cm³/mol. The van der Waals surface area contributed by atoms with E-state index in [1.165, 1.54) is 0 Å². The standard InChI is InChI=1S/C31H39N3O3/c1-31(2,3)23-20-25(33-18-8-5-11-28(33)36)30(26(21-23)34-19-9-6-12-29(34)37)22-13-15-24(16-14-22)32-17-7-4-10-27(32)35/h13-16,20-21H,4-12,17-19H2,1-3H3. The van der Waals surface area contributed by atoms with Crippen molar-refractivity contribution >= 4 is 34.8 Å². The maximum atomic E-state index is 13.2. The molecule has 196 valence electrons. The SMILES string of the molecule is CC(C)(C)c1cc(N2CCCCC2=O)c(-c2ccc(N3CCCCC3=O)cc2)c(N2CCCCC2=O)c1. The molecule has 0 spiro atoms. The number of hydrogen-bond donors (Lipinski definition) is 0. The first-order valence-electron chi connectivity index (χ1n) is 13.9. The van der Waals surface area contributed by atoms with E-state index in [4.69, 9.17) is 0 Å². The van der Waals surface area contributed by atoms with E-state index < -0.39 is 0 Å². The van der Waals surface area contributed by atoms with Crippen molar-refractivity contribution < 1.29 is 14.4 Å². The minimum absolute atomic E-state index is 0.141. The summed E-state index contributed by atoms with van der Waals surface area (Å²) in [6, 6.07) is 12.5. The van der Waals surface area contributed by atoms with Crippen LogP contribution >= 0.6 is 0 Å². The van der Waals surface area contributed by atoms with Crippen LogP contribution in [0.15, 0.2) is 36.4 Å². The summed E-state index contributed by atoms with van der Waals surface area (Å²) in [7, 11) is 0. The minimum atomic E-state index is -0.141. The van der Waals surface area contributed by atoms with Crippen LogP contribution < -0.4 is 14.7 Å². The van der Waals surface area contributed by atoms with E-state index in [0.29, 0.717) is 32.4 Å². The second kappa shape index (κ2) is 10.3. The summed E-state index contributed by atoms with van der Waals surface area (Å²) in [6.45, 7) is 8.65. The van der Waals surface area contributed by atoms with Gasteiger partial charge in [0.2, 0.25) is 17.7 Å². The highest BCUT2D eigenvalue weighted by atomic mass is 16.2. The summed E-state index contributed by atoms with van der Waals surface area (Å²) in [5.74, 6) is 0.461. The van der Waals surface area contributed by atoms with Crippen molar-refractivity contribution in [2.24, 2.45) is 0 Å². The lowest BCUT2D eigenvalue weighted by atomic mass is 9.83. The molecule has 0 N–H and O–H groups in total. The molecule has 3 aliphatic rings. The second-order valence-electron chi connectivity index (χ2n) is 11.7. The van der Waals surface area contributed by atoms with Crippen LogP contribution in [0.25, 0.3) is 11.1 Å². The van der Waals surface area contributed by atoms with Gasteiger partial charge in [-0.15, -0.1) is 0 Å². The van der Waals surface area contributed by atoms with Crippen molar-refractivity contribution in [2.45, 2.75) is 84.0 Å². The Balaban J connectivity index is 1.68. The molecule has 0 aromatic heterocycles. The number of benzene rings is 2. The molecule has 0 saturated carbocycles. The number of carbonyl (C=O) groups is 3. The van der Waals surface area contributed by atoms with Gasteiger partial charge in [0.15, 0.2) is 0 Å². The summed E-state index contributed by atoms with van der Waals surface area (Å²) in [4.78, 5) is 44.6. The van der Waals surface area contributed by atoms with Crippen LogP contribution in [-0.2, 0) is 19.8 Å². The van der Waals surface area contributed by atoms with E-state index in [2.05, 4.69) is 45.0 Å². The molecule has 3 amide bonds. The van der Waals surface area contributed by atoms with Gasteiger partial charge in [0, 0.05) is 50.1 Å². The molecule has 37 heavy (non-hydrogen) atoms. The highest BCUT2D eigenvalue weighted by Crippen LogP contribution is 2.45. The minimum Gasteiger partial charge on any atom is -0.312 e. The third-order valence-electron chi connectivity index (χ3n) is 7.98. The summed E-state index contributed by atoms with van der Waals surface area (Å²) < 4.78 is 0. The third kappa shape index (κ3) is 5.16. The zero-order chi connectivity index (χ0) is 26.2. The largest absolute Gasteiger partial charge is 0.312 e. The van der Waals surface area contributed by atoms with Crippen LogP contribution in [0.1, 0.15) is 84.1 Å². The Bertz CT molecular complexity index is 1150. The molecule has 0 bridgehead atoms. The van der Waals surface area contributed by atoms with Crippen LogP contribution in [0.4, 0.5) is 17.1 Å². The number of carbonyl (C=O) groups excluding carboxylic acids is 3. The van der Waals surface area contributed by atoms with Gasteiger partial charge in [0.25, 0.3) is 0 Å². The zero-order valence-corrected chi connectivity index (χ0v) is 22.5. The van der Waals surface area contributed by atoms with Crippen LogP contribution in [0, 0.1) is 0 Å². The molecule has 0 atom stereocenters. The van der Waals surface area contributed by atoms with Crippen molar-refractivity contribution in [3.63, 3.8) is 0 Å². The van der Waals surface area contributed by atoms with Crippen molar-refractivity contribution in [3.05, 3.63) is 42.0 Å². The van der Waals surface area contributed by atoms with Crippen LogP contribution in [0.5, 0.6) is 0 Å². The van der Waals surface area contributed by atoms with Gasteiger partial charge in [0.05, 0.1) is 11.4 Å². The number of anilines is 3. The lowest BCUT2D eigenvalue weighted by molar-refractivity contribution is -0.120. The number of nitrogens with zero attached hydrogens (tertiary/aromatic N) is 3. The first-order valence-corrected chi connectivity index (χ1v) is 13.9. The van der Waals surface area contributed by atoms with Crippen molar-refractivity contribution in [2.75, 3.05) is 34.3 Å². The summed E-state index contributed by atoms with van der Waals surface area (Å²) >= 11 is 0. The number of piperidine rings is 3. The van der Waals surface area contributed by atoms with Crippen molar-refractivity contribution in [1.29, 1.82) is 0 Å². The average Bonchev–Trinajstić information content (AvgIpc) is 2.88. The lowest BCUT2D eigenvalue weighted by Crippen LogP contribution is -2.38. The van der Waals surface area contributed by atoms with E-state index in [1.54, 1.807) is 0 Å². The number of rotatable bonds is 4. The second-order valence-corrected chi connectivity index (χ2v) is 11.7. The third-order valence-corrected chi connectivity index (χ3v) is 7.98. The molecule has 2 aromatic rings.